The Morgan fingerprint density at radius 2 is 2.12 bits per heavy atom. The van der Waals surface area contributed by atoms with Gasteiger partial charge in [-0.2, -0.15) is 8.78 Å². The number of carbonyl (C=O) groups excluding carboxylic acids is 1. The van der Waals surface area contributed by atoms with Gasteiger partial charge in [0.15, 0.2) is 5.78 Å². The van der Waals surface area contributed by atoms with E-state index in [4.69, 9.17) is 0 Å². The summed E-state index contributed by atoms with van der Waals surface area (Å²) in [7, 11) is 0. The Kier molecular flexibility index (Phi) is 5.05. The number of rotatable bonds is 5. The highest BCUT2D eigenvalue weighted by molar-refractivity contribution is 9.10. The molecule has 0 fully saturated rings. The molecule has 1 rings (SSSR count). The van der Waals surface area contributed by atoms with Crippen LogP contribution < -0.4 is 4.74 Å². The normalized spacial score (nSPS) is 12.6. The summed E-state index contributed by atoms with van der Waals surface area (Å²) in [6, 6.07) is 4.39. The molecule has 1 atom stereocenters. The highest BCUT2D eigenvalue weighted by Crippen LogP contribution is 2.22. The summed E-state index contributed by atoms with van der Waals surface area (Å²) >= 11 is 3.20. The second-order valence-corrected chi connectivity index (χ2v) is 4.90. The predicted molar refractivity (Wildman–Crippen MR) is 65.2 cm³/mol. The van der Waals surface area contributed by atoms with Gasteiger partial charge >= 0.3 is 6.61 Å². The number of Topliss-reactive ketones (excluding diaryl/α,β-unsaturated/α-hetero) is 1. The van der Waals surface area contributed by atoms with E-state index in [1.165, 1.54) is 18.2 Å². The molecule has 0 spiro atoms. The van der Waals surface area contributed by atoms with Crippen LogP contribution in [0.3, 0.4) is 0 Å². The molecule has 1 aromatic rings. The topological polar surface area (TPSA) is 26.3 Å². The Labute approximate surface area is 107 Å². The molecule has 0 saturated carbocycles. The summed E-state index contributed by atoms with van der Waals surface area (Å²) in [5, 5.41) is 0. The summed E-state index contributed by atoms with van der Waals surface area (Å²) in [4.78, 5) is 11.5. The molecule has 2 nitrogen and oxygen atoms in total. The van der Waals surface area contributed by atoms with Crippen molar-refractivity contribution in [2.75, 3.05) is 0 Å². The molecule has 0 heterocycles. The van der Waals surface area contributed by atoms with Crippen LogP contribution >= 0.6 is 15.9 Å². The van der Waals surface area contributed by atoms with Gasteiger partial charge in [-0.15, -0.1) is 0 Å². The summed E-state index contributed by atoms with van der Waals surface area (Å²) in [5.41, 5.74) is 1.25. The van der Waals surface area contributed by atoms with Crippen LogP contribution in [0.5, 0.6) is 5.75 Å². The molecule has 0 aliphatic carbocycles. The highest BCUT2D eigenvalue weighted by Gasteiger charge is 2.16. The van der Waals surface area contributed by atoms with E-state index in [1.54, 1.807) is 6.92 Å². The van der Waals surface area contributed by atoms with Gasteiger partial charge in [0, 0.05) is 5.56 Å². The van der Waals surface area contributed by atoms with E-state index in [0.29, 0.717) is 17.5 Å². The molecular formula is C12H13BrF2O2. The number of ether oxygens (including phenoxy) is 1. The van der Waals surface area contributed by atoms with Crippen LogP contribution in [0.4, 0.5) is 8.78 Å². The number of benzene rings is 1. The molecule has 0 amide bonds. The zero-order chi connectivity index (χ0) is 13.0. The molecule has 0 radical (unpaired) electrons. The third kappa shape index (κ3) is 3.77. The van der Waals surface area contributed by atoms with E-state index in [2.05, 4.69) is 20.7 Å². The van der Waals surface area contributed by atoms with Gasteiger partial charge in [0.1, 0.15) is 5.75 Å². The lowest BCUT2D eigenvalue weighted by Crippen LogP contribution is -2.13. The lowest BCUT2D eigenvalue weighted by molar-refractivity contribution is -0.0498. The number of halogens is 3. The zero-order valence-electron chi connectivity index (χ0n) is 9.54. The van der Waals surface area contributed by atoms with Gasteiger partial charge in [-0.25, -0.2) is 0 Å². The monoisotopic (exact) mass is 306 g/mol. The van der Waals surface area contributed by atoms with Crippen molar-refractivity contribution < 1.29 is 18.3 Å². The second kappa shape index (κ2) is 6.10. The number of ketones is 1. The van der Waals surface area contributed by atoms with Gasteiger partial charge in [0.05, 0.1) is 4.83 Å². The van der Waals surface area contributed by atoms with E-state index in [0.717, 1.165) is 0 Å². The third-order valence-corrected chi connectivity index (χ3v) is 2.73. The van der Waals surface area contributed by atoms with E-state index in [1.807, 2.05) is 6.92 Å². The minimum absolute atomic E-state index is 0.0644. The van der Waals surface area contributed by atoms with E-state index in [9.17, 15) is 13.6 Å². The maximum absolute atomic E-state index is 12.0. The molecule has 94 valence electrons. The standard InChI is InChI=1S/C12H13BrF2O2/c1-3-8-6-9(17-12(14)15)4-5-10(8)11(16)7(2)13/h4-7,12H,3H2,1-2H3. The molecule has 5 heteroatoms. The van der Waals surface area contributed by atoms with Crippen molar-refractivity contribution >= 4 is 21.7 Å². The van der Waals surface area contributed by atoms with Gasteiger partial charge in [-0.1, -0.05) is 22.9 Å². The van der Waals surface area contributed by atoms with Crippen LogP contribution in [0.25, 0.3) is 0 Å². The van der Waals surface area contributed by atoms with Crippen molar-refractivity contribution in [2.45, 2.75) is 31.7 Å². The molecule has 1 aromatic carbocycles. The molecule has 1 unspecified atom stereocenters. The Morgan fingerprint density at radius 1 is 1.47 bits per heavy atom. The van der Waals surface area contributed by atoms with Crippen molar-refractivity contribution in [3.63, 3.8) is 0 Å². The molecular weight excluding hydrogens is 294 g/mol. The largest absolute Gasteiger partial charge is 0.435 e. The van der Waals surface area contributed by atoms with E-state index < -0.39 is 6.61 Å². The van der Waals surface area contributed by atoms with Crippen molar-refractivity contribution in [1.29, 1.82) is 0 Å². The Morgan fingerprint density at radius 3 is 2.59 bits per heavy atom. The maximum atomic E-state index is 12.0. The smallest absolute Gasteiger partial charge is 0.387 e. The molecule has 17 heavy (non-hydrogen) atoms. The SMILES string of the molecule is CCc1cc(OC(F)F)ccc1C(=O)C(C)Br. The summed E-state index contributed by atoms with van der Waals surface area (Å²) in [6.07, 6.45) is 0.585. The quantitative estimate of drug-likeness (QED) is 0.610. The van der Waals surface area contributed by atoms with Gasteiger partial charge in [-0.3, -0.25) is 4.79 Å². The Balaban J connectivity index is 3.05. The molecule has 0 aliphatic rings. The van der Waals surface area contributed by atoms with Crippen LogP contribution in [0.15, 0.2) is 18.2 Å². The first-order chi connectivity index (χ1) is 7.95. The fourth-order valence-electron chi connectivity index (χ4n) is 1.49. The van der Waals surface area contributed by atoms with Crippen molar-refractivity contribution in [3.8, 4) is 5.75 Å². The number of aryl methyl sites for hydroxylation is 1. The molecule has 0 aliphatic heterocycles. The Bertz CT molecular complexity index is 405. The fourth-order valence-corrected chi connectivity index (χ4v) is 1.74. The zero-order valence-corrected chi connectivity index (χ0v) is 11.1. The van der Waals surface area contributed by atoms with Gasteiger partial charge in [0.2, 0.25) is 0 Å². The minimum Gasteiger partial charge on any atom is -0.435 e. The van der Waals surface area contributed by atoms with Crippen molar-refractivity contribution in [2.24, 2.45) is 0 Å². The number of hydrogen-bond donors (Lipinski definition) is 0. The summed E-state index contributed by atoms with van der Waals surface area (Å²) in [6.45, 7) is 0.735. The van der Waals surface area contributed by atoms with E-state index in [-0.39, 0.29) is 16.4 Å². The first kappa shape index (κ1) is 14.1. The Hall–Kier alpha value is -0.970. The van der Waals surface area contributed by atoms with Crippen LogP contribution in [-0.4, -0.2) is 17.2 Å². The minimum atomic E-state index is -2.85. The van der Waals surface area contributed by atoms with Crippen LogP contribution in [0.2, 0.25) is 0 Å². The van der Waals surface area contributed by atoms with Crippen LogP contribution in [-0.2, 0) is 6.42 Å². The van der Waals surface area contributed by atoms with Crippen molar-refractivity contribution in [3.05, 3.63) is 29.3 Å². The lowest BCUT2D eigenvalue weighted by atomic mass is 10.00. The highest BCUT2D eigenvalue weighted by atomic mass is 79.9. The number of carbonyl (C=O) groups is 1. The molecule has 0 N–H and O–H groups in total. The number of hydrogen-bond acceptors (Lipinski definition) is 2. The van der Waals surface area contributed by atoms with Gasteiger partial charge in [0.25, 0.3) is 0 Å². The van der Waals surface area contributed by atoms with Crippen LogP contribution in [0.1, 0.15) is 29.8 Å². The third-order valence-electron chi connectivity index (χ3n) is 2.31. The van der Waals surface area contributed by atoms with E-state index >= 15 is 0 Å². The fraction of sp³-hybridized carbons (Fsp3) is 0.417. The number of alkyl halides is 3. The average Bonchev–Trinajstić information content (AvgIpc) is 2.27. The van der Waals surface area contributed by atoms with Crippen LogP contribution in [0, 0.1) is 0 Å². The average molecular weight is 307 g/mol. The van der Waals surface area contributed by atoms with Crippen molar-refractivity contribution in [1.82, 2.24) is 0 Å². The molecule has 0 saturated heterocycles. The van der Waals surface area contributed by atoms with Gasteiger partial charge < -0.3 is 4.74 Å². The molecule has 0 aromatic heterocycles. The second-order valence-electron chi connectivity index (χ2n) is 3.53. The lowest BCUT2D eigenvalue weighted by Gasteiger charge is -2.11. The summed E-state index contributed by atoms with van der Waals surface area (Å²) < 4.78 is 28.4. The van der Waals surface area contributed by atoms with Gasteiger partial charge in [-0.05, 0) is 37.1 Å². The summed E-state index contributed by atoms with van der Waals surface area (Å²) in [5.74, 6) is 0.0149. The first-order valence-electron chi connectivity index (χ1n) is 5.21. The predicted octanol–water partition coefficient (Wildman–Crippen LogP) is 3.82. The maximum Gasteiger partial charge on any atom is 0.387 e. The first-order valence-corrected chi connectivity index (χ1v) is 6.13. The molecule has 0 bridgehead atoms.